The lowest BCUT2D eigenvalue weighted by molar-refractivity contribution is -0.137. The average Bonchev–Trinajstić information content (AvgIpc) is 3.24. The molecule has 3 nitrogen and oxygen atoms in total. The molecule has 0 aliphatic carbocycles. The van der Waals surface area contributed by atoms with Crippen LogP contribution in [0.4, 0.5) is 13.2 Å². The number of thioether (sulfide) groups is 2. The first-order chi connectivity index (χ1) is 14.3. The van der Waals surface area contributed by atoms with Crippen molar-refractivity contribution in [2.45, 2.75) is 34.8 Å². The Hall–Kier alpha value is -1.97. The number of nitrogens with one attached hydrogen (secondary N) is 1. The second-order valence-electron chi connectivity index (χ2n) is 6.38. The number of carbonyl (C=O) groups is 1. The van der Waals surface area contributed by atoms with E-state index in [1.54, 1.807) is 35.7 Å². The zero-order valence-corrected chi connectivity index (χ0v) is 18.4. The molecule has 0 saturated heterocycles. The van der Waals surface area contributed by atoms with Gasteiger partial charge in [0, 0.05) is 27.0 Å². The van der Waals surface area contributed by atoms with Crippen LogP contribution in [0.3, 0.4) is 0 Å². The van der Waals surface area contributed by atoms with Crippen LogP contribution in [0.15, 0.2) is 70.0 Å². The number of pyridine rings is 1. The van der Waals surface area contributed by atoms with E-state index < -0.39 is 11.7 Å². The van der Waals surface area contributed by atoms with E-state index >= 15 is 0 Å². The molecule has 0 aliphatic rings. The molecule has 2 aromatic heterocycles. The van der Waals surface area contributed by atoms with Gasteiger partial charge in [-0.25, -0.2) is 4.98 Å². The molecule has 3 aromatic rings. The molecule has 0 aliphatic heterocycles. The largest absolute Gasteiger partial charge is 0.416 e. The minimum atomic E-state index is -4.35. The molecule has 9 heteroatoms. The minimum absolute atomic E-state index is 0.0301. The highest BCUT2D eigenvalue weighted by Gasteiger charge is 2.30. The van der Waals surface area contributed by atoms with E-state index in [9.17, 15) is 18.0 Å². The predicted molar refractivity (Wildman–Crippen MR) is 117 cm³/mol. The fourth-order valence-corrected chi connectivity index (χ4v) is 5.34. The van der Waals surface area contributed by atoms with Gasteiger partial charge >= 0.3 is 6.18 Å². The highest BCUT2D eigenvalue weighted by molar-refractivity contribution is 8.03. The Labute approximate surface area is 185 Å². The van der Waals surface area contributed by atoms with Gasteiger partial charge in [-0.1, -0.05) is 19.1 Å². The quantitative estimate of drug-likeness (QED) is 0.390. The van der Waals surface area contributed by atoms with Gasteiger partial charge in [-0.05, 0) is 41.8 Å². The molecular weight excluding hydrogens is 449 g/mol. The number of halogens is 3. The Morgan fingerprint density at radius 3 is 2.77 bits per heavy atom. The molecule has 2 heterocycles. The number of carbonyl (C=O) groups excluding carboxylic acids is 1. The van der Waals surface area contributed by atoms with E-state index in [1.165, 1.54) is 29.6 Å². The van der Waals surface area contributed by atoms with Crippen LogP contribution < -0.4 is 5.32 Å². The lowest BCUT2D eigenvalue weighted by atomic mass is 10.2. The molecule has 1 aromatic carbocycles. The van der Waals surface area contributed by atoms with Crippen LogP contribution in [0.1, 0.15) is 27.7 Å². The molecule has 1 N–H and O–H groups in total. The van der Waals surface area contributed by atoms with Crippen molar-refractivity contribution in [2.75, 3.05) is 5.75 Å². The number of benzene rings is 1. The maximum atomic E-state index is 12.9. The van der Waals surface area contributed by atoms with Crippen molar-refractivity contribution in [3.63, 3.8) is 0 Å². The van der Waals surface area contributed by atoms with Crippen LogP contribution in [-0.4, -0.2) is 21.9 Å². The van der Waals surface area contributed by atoms with Gasteiger partial charge in [0.1, 0.15) is 5.03 Å². The summed E-state index contributed by atoms with van der Waals surface area (Å²) >= 11 is 4.36. The van der Waals surface area contributed by atoms with Gasteiger partial charge in [0.2, 0.25) is 0 Å². The summed E-state index contributed by atoms with van der Waals surface area (Å²) in [6, 6.07) is 12.6. The number of rotatable bonds is 8. The van der Waals surface area contributed by atoms with Crippen LogP contribution in [0, 0.1) is 0 Å². The van der Waals surface area contributed by atoms with E-state index in [0.29, 0.717) is 27.8 Å². The van der Waals surface area contributed by atoms with Crippen LogP contribution in [0.25, 0.3) is 0 Å². The number of hydrogen-bond donors (Lipinski definition) is 1. The summed E-state index contributed by atoms with van der Waals surface area (Å²) in [5, 5.41) is 5.49. The second kappa shape index (κ2) is 10.4. The predicted octanol–water partition coefficient (Wildman–Crippen LogP) is 6.36. The van der Waals surface area contributed by atoms with Gasteiger partial charge in [-0.15, -0.1) is 34.9 Å². The first kappa shape index (κ1) is 22.7. The van der Waals surface area contributed by atoms with E-state index in [0.717, 1.165) is 17.0 Å². The van der Waals surface area contributed by atoms with Crippen molar-refractivity contribution >= 4 is 40.8 Å². The van der Waals surface area contributed by atoms with E-state index in [2.05, 4.69) is 10.3 Å². The summed E-state index contributed by atoms with van der Waals surface area (Å²) in [6.45, 7) is 2.40. The maximum absolute atomic E-state index is 12.9. The summed E-state index contributed by atoms with van der Waals surface area (Å²) in [5.74, 6) is 0.403. The fourth-order valence-electron chi connectivity index (χ4n) is 2.56. The summed E-state index contributed by atoms with van der Waals surface area (Å²) in [4.78, 5) is 18.5. The fraction of sp³-hybridized carbons (Fsp3) is 0.238. The zero-order chi connectivity index (χ0) is 21.6. The summed E-state index contributed by atoms with van der Waals surface area (Å²) < 4.78 is 38.7. The van der Waals surface area contributed by atoms with E-state index in [1.807, 2.05) is 24.4 Å². The normalized spacial score (nSPS) is 12.5. The molecule has 1 atom stereocenters. The van der Waals surface area contributed by atoms with Crippen LogP contribution in [0.5, 0.6) is 0 Å². The molecule has 1 unspecified atom stereocenters. The van der Waals surface area contributed by atoms with Crippen LogP contribution in [0.2, 0.25) is 0 Å². The first-order valence-electron chi connectivity index (χ1n) is 9.05. The summed E-state index contributed by atoms with van der Waals surface area (Å²) in [5.41, 5.74) is -0.155. The zero-order valence-electron chi connectivity index (χ0n) is 16.0. The Morgan fingerprint density at radius 1 is 1.20 bits per heavy atom. The first-order valence-corrected chi connectivity index (χ1v) is 11.8. The van der Waals surface area contributed by atoms with Crippen LogP contribution in [-0.2, 0) is 12.7 Å². The Bertz CT molecular complexity index is 978. The van der Waals surface area contributed by atoms with Gasteiger partial charge in [0.25, 0.3) is 5.91 Å². The molecular formula is C21H19F3N2OS3. The monoisotopic (exact) mass is 468 g/mol. The number of alkyl halides is 3. The lowest BCUT2D eigenvalue weighted by Gasteiger charge is -2.14. The molecule has 0 bridgehead atoms. The summed E-state index contributed by atoms with van der Waals surface area (Å²) in [7, 11) is 0. The smallest absolute Gasteiger partial charge is 0.347 e. The second-order valence-corrected chi connectivity index (χ2v) is 9.94. The third kappa shape index (κ3) is 6.52. The van der Waals surface area contributed by atoms with Gasteiger partial charge in [0.05, 0.1) is 17.7 Å². The number of hydrogen-bond acceptors (Lipinski definition) is 5. The van der Waals surface area contributed by atoms with Gasteiger partial charge in [-0.2, -0.15) is 13.2 Å². The van der Waals surface area contributed by atoms with Crippen molar-refractivity contribution in [2.24, 2.45) is 0 Å². The number of amides is 1. The summed E-state index contributed by atoms with van der Waals surface area (Å²) in [6.07, 6.45) is -2.73. The van der Waals surface area contributed by atoms with Gasteiger partial charge in [-0.3, -0.25) is 4.79 Å². The van der Waals surface area contributed by atoms with Crippen molar-refractivity contribution in [1.29, 1.82) is 0 Å². The van der Waals surface area contributed by atoms with Crippen molar-refractivity contribution < 1.29 is 18.0 Å². The average molecular weight is 469 g/mol. The van der Waals surface area contributed by atoms with Crippen molar-refractivity contribution in [3.8, 4) is 0 Å². The third-order valence-corrected chi connectivity index (χ3v) is 7.42. The molecule has 0 saturated carbocycles. The molecule has 158 valence electrons. The number of thiophene rings is 1. The Balaban J connectivity index is 1.58. The third-order valence-electron chi connectivity index (χ3n) is 3.97. The SMILES string of the molecule is CC(CSc1ncccc1C(=O)NCc1cccs1)Sc1cccc(C(F)(F)F)c1. The molecule has 30 heavy (non-hydrogen) atoms. The number of aromatic nitrogens is 1. The van der Waals surface area contributed by atoms with Crippen molar-refractivity contribution in [1.82, 2.24) is 10.3 Å². The minimum Gasteiger partial charge on any atom is -0.347 e. The highest BCUT2D eigenvalue weighted by atomic mass is 32.2. The molecule has 0 spiro atoms. The van der Waals surface area contributed by atoms with Gasteiger partial charge < -0.3 is 5.32 Å². The standard InChI is InChI=1S/C21H19F3N2OS3/c1-14(30-16-6-2-5-15(11-16)21(22,23)24)13-29-20-18(8-3-9-25-20)19(27)26-12-17-7-4-10-28-17/h2-11,14H,12-13H2,1H3,(H,26,27). The number of nitrogens with zero attached hydrogens (tertiary/aromatic N) is 1. The highest BCUT2D eigenvalue weighted by Crippen LogP contribution is 2.34. The lowest BCUT2D eigenvalue weighted by Crippen LogP contribution is -2.23. The van der Waals surface area contributed by atoms with E-state index in [4.69, 9.17) is 0 Å². The topological polar surface area (TPSA) is 42.0 Å². The molecule has 0 fully saturated rings. The Morgan fingerprint density at radius 2 is 2.03 bits per heavy atom. The van der Waals surface area contributed by atoms with Gasteiger partial charge in [0.15, 0.2) is 0 Å². The van der Waals surface area contributed by atoms with Crippen molar-refractivity contribution in [3.05, 3.63) is 76.1 Å². The molecule has 0 radical (unpaired) electrons. The Kier molecular flexibility index (Phi) is 7.85. The molecule has 3 rings (SSSR count). The van der Waals surface area contributed by atoms with E-state index in [-0.39, 0.29) is 11.2 Å². The molecule has 1 amide bonds. The maximum Gasteiger partial charge on any atom is 0.416 e. The van der Waals surface area contributed by atoms with Crippen LogP contribution >= 0.6 is 34.9 Å².